The van der Waals surface area contributed by atoms with Crippen LogP contribution in [0.5, 0.6) is 0 Å². The molecule has 15 heavy (non-hydrogen) atoms. The Labute approximate surface area is 90.8 Å². The Kier molecular flexibility index (Phi) is 2.26. The monoisotopic (exact) mass is 200 g/mol. The van der Waals surface area contributed by atoms with E-state index in [1.165, 1.54) is 16.7 Å². The average molecular weight is 200 g/mol. The summed E-state index contributed by atoms with van der Waals surface area (Å²) in [5.74, 6) is 0.247. The first-order valence-corrected chi connectivity index (χ1v) is 5.31. The standard InChI is InChI=1S/C14H16O/c1-10-5-4-6-11(7-10)13-8-12(15)9-14(13,2)3/h4-8H,9H2,1-3H3. The second-order valence-corrected chi connectivity index (χ2v) is 4.95. The van der Waals surface area contributed by atoms with Crippen molar-refractivity contribution in [3.8, 4) is 0 Å². The average Bonchev–Trinajstić information content (AvgIpc) is 2.39. The quantitative estimate of drug-likeness (QED) is 0.679. The number of benzene rings is 1. The van der Waals surface area contributed by atoms with E-state index in [1.807, 2.05) is 6.07 Å². The number of hydrogen-bond donors (Lipinski definition) is 0. The molecule has 1 aromatic carbocycles. The van der Waals surface area contributed by atoms with Crippen LogP contribution in [0.4, 0.5) is 0 Å². The molecule has 1 aliphatic rings. The van der Waals surface area contributed by atoms with Crippen LogP contribution in [0.25, 0.3) is 5.57 Å². The fourth-order valence-electron chi connectivity index (χ4n) is 2.22. The van der Waals surface area contributed by atoms with Gasteiger partial charge in [-0.05, 0) is 29.6 Å². The van der Waals surface area contributed by atoms with E-state index in [1.54, 1.807) is 6.08 Å². The Hall–Kier alpha value is -1.37. The molecular formula is C14H16O. The van der Waals surface area contributed by atoms with E-state index in [4.69, 9.17) is 0 Å². The highest BCUT2D eigenvalue weighted by molar-refractivity contribution is 6.03. The largest absolute Gasteiger partial charge is 0.295 e. The lowest BCUT2D eigenvalue weighted by Gasteiger charge is -2.21. The minimum Gasteiger partial charge on any atom is -0.295 e. The number of carbonyl (C=O) groups is 1. The first-order valence-electron chi connectivity index (χ1n) is 5.31. The van der Waals surface area contributed by atoms with Crippen LogP contribution in [0.3, 0.4) is 0 Å². The number of allylic oxidation sites excluding steroid dienone is 2. The van der Waals surface area contributed by atoms with Crippen molar-refractivity contribution in [2.45, 2.75) is 27.2 Å². The van der Waals surface area contributed by atoms with Gasteiger partial charge in [-0.15, -0.1) is 0 Å². The van der Waals surface area contributed by atoms with Crippen molar-refractivity contribution in [3.05, 3.63) is 41.5 Å². The van der Waals surface area contributed by atoms with Gasteiger partial charge in [0.15, 0.2) is 5.78 Å². The summed E-state index contributed by atoms with van der Waals surface area (Å²) in [6, 6.07) is 8.35. The Morgan fingerprint density at radius 1 is 1.27 bits per heavy atom. The summed E-state index contributed by atoms with van der Waals surface area (Å²) in [5.41, 5.74) is 3.59. The van der Waals surface area contributed by atoms with Crippen molar-refractivity contribution in [1.82, 2.24) is 0 Å². The van der Waals surface area contributed by atoms with Crippen LogP contribution in [0, 0.1) is 12.3 Å². The molecule has 0 radical (unpaired) electrons. The van der Waals surface area contributed by atoms with Crippen molar-refractivity contribution < 1.29 is 4.79 Å². The van der Waals surface area contributed by atoms with Gasteiger partial charge in [0.05, 0.1) is 0 Å². The van der Waals surface area contributed by atoms with Gasteiger partial charge in [0, 0.05) is 6.42 Å². The molecule has 0 saturated heterocycles. The maximum absolute atomic E-state index is 11.5. The maximum atomic E-state index is 11.5. The third-order valence-corrected chi connectivity index (χ3v) is 2.98. The predicted molar refractivity (Wildman–Crippen MR) is 62.6 cm³/mol. The molecular weight excluding hydrogens is 184 g/mol. The molecule has 0 N–H and O–H groups in total. The molecule has 0 bridgehead atoms. The van der Waals surface area contributed by atoms with Gasteiger partial charge in [0.2, 0.25) is 0 Å². The molecule has 0 aliphatic heterocycles. The molecule has 0 atom stereocenters. The first-order chi connectivity index (χ1) is 6.99. The van der Waals surface area contributed by atoms with Crippen LogP contribution in [0.2, 0.25) is 0 Å². The summed E-state index contributed by atoms with van der Waals surface area (Å²) >= 11 is 0. The van der Waals surface area contributed by atoms with Gasteiger partial charge < -0.3 is 0 Å². The number of rotatable bonds is 1. The third-order valence-electron chi connectivity index (χ3n) is 2.98. The SMILES string of the molecule is Cc1cccc(C2=CC(=O)CC2(C)C)c1. The van der Waals surface area contributed by atoms with Crippen LogP contribution in [0.15, 0.2) is 30.3 Å². The molecule has 2 rings (SSSR count). The lowest BCUT2D eigenvalue weighted by atomic mass is 9.82. The van der Waals surface area contributed by atoms with Crippen LogP contribution >= 0.6 is 0 Å². The topological polar surface area (TPSA) is 17.1 Å². The highest BCUT2D eigenvalue weighted by Crippen LogP contribution is 2.42. The highest BCUT2D eigenvalue weighted by atomic mass is 16.1. The van der Waals surface area contributed by atoms with Crippen molar-refractivity contribution in [3.63, 3.8) is 0 Å². The van der Waals surface area contributed by atoms with E-state index in [0.29, 0.717) is 6.42 Å². The fraction of sp³-hybridized carbons (Fsp3) is 0.357. The van der Waals surface area contributed by atoms with E-state index >= 15 is 0 Å². The Bertz CT molecular complexity index is 438. The number of ketones is 1. The van der Waals surface area contributed by atoms with Crippen molar-refractivity contribution >= 4 is 11.4 Å². The second kappa shape index (κ2) is 3.34. The normalized spacial score (nSPS) is 19.1. The fourth-order valence-corrected chi connectivity index (χ4v) is 2.22. The summed E-state index contributed by atoms with van der Waals surface area (Å²) < 4.78 is 0. The molecule has 0 amide bonds. The van der Waals surface area contributed by atoms with E-state index in [0.717, 1.165) is 0 Å². The Morgan fingerprint density at radius 2 is 2.00 bits per heavy atom. The minimum atomic E-state index is -0.00905. The molecule has 0 heterocycles. The maximum Gasteiger partial charge on any atom is 0.156 e. The third kappa shape index (κ3) is 1.87. The van der Waals surface area contributed by atoms with Gasteiger partial charge in [-0.2, -0.15) is 0 Å². The van der Waals surface area contributed by atoms with E-state index < -0.39 is 0 Å². The van der Waals surface area contributed by atoms with Gasteiger partial charge >= 0.3 is 0 Å². The van der Waals surface area contributed by atoms with Crippen LogP contribution < -0.4 is 0 Å². The van der Waals surface area contributed by atoms with Crippen molar-refractivity contribution in [1.29, 1.82) is 0 Å². The van der Waals surface area contributed by atoms with Crippen molar-refractivity contribution in [2.75, 3.05) is 0 Å². The van der Waals surface area contributed by atoms with Crippen molar-refractivity contribution in [2.24, 2.45) is 5.41 Å². The molecule has 78 valence electrons. The lowest BCUT2D eigenvalue weighted by Crippen LogP contribution is -2.10. The van der Waals surface area contributed by atoms with Crippen LogP contribution in [0.1, 0.15) is 31.4 Å². The Balaban J connectivity index is 2.47. The first kappa shape index (κ1) is 10.2. The zero-order valence-corrected chi connectivity index (χ0v) is 9.50. The zero-order chi connectivity index (χ0) is 11.1. The highest BCUT2D eigenvalue weighted by Gasteiger charge is 2.32. The summed E-state index contributed by atoms with van der Waals surface area (Å²) in [4.78, 5) is 11.5. The molecule has 0 aromatic heterocycles. The van der Waals surface area contributed by atoms with Gasteiger partial charge in [-0.25, -0.2) is 0 Å². The summed E-state index contributed by atoms with van der Waals surface area (Å²) in [6.45, 7) is 6.34. The smallest absolute Gasteiger partial charge is 0.156 e. The molecule has 0 fully saturated rings. The zero-order valence-electron chi connectivity index (χ0n) is 9.50. The van der Waals surface area contributed by atoms with Gasteiger partial charge in [0.1, 0.15) is 0 Å². The molecule has 1 aliphatic carbocycles. The molecule has 1 aromatic rings. The van der Waals surface area contributed by atoms with Crippen LogP contribution in [-0.2, 0) is 4.79 Å². The van der Waals surface area contributed by atoms with Gasteiger partial charge in [-0.3, -0.25) is 4.79 Å². The van der Waals surface area contributed by atoms with E-state index in [2.05, 4.69) is 39.0 Å². The second-order valence-electron chi connectivity index (χ2n) is 4.95. The van der Waals surface area contributed by atoms with Crippen LogP contribution in [-0.4, -0.2) is 5.78 Å². The molecule has 1 heteroatoms. The number of aryl methyl sites for hydroxylation is 1. The van der Waals surface area contributed by atoms with E-state index in [9.17, 15) is 4.79 Å². The molecule has 0 saturated carbocycles. The summed E-state index contributed by atoms with van der Waals surface area (Å²) in [6.07, 6.45) is 2.44. The molecule has 1 nitrogen and oxygen atoms in total. The predicted octanol–water partition coefficient (Wildman–Crippen LogP) is 3.38. The number of hydrogen-bond acceptors (Lipinski definition) is 1. The molecule has 0 unspecified atom stereocenters. The molecule has 0 spiro atoms. The Morgan fingerprint density at radius 3 is 2.53 bits per heavy atom. The van der Waals surface area contributed by atoms with Gasteiger partial charge in [-0.1, -0.05) is 43.7 Å². The lowest BCUT2D eigenvalue weighted by molar-refractivity contribution is -0.114. The van der Waals surface area contributed by atoms with E-state index in [-0.39, 0.29) is 11.2 Å². The summed E-state index contributed by atoms with van der Waals surface area (Å²) in [5, 5.41) is 0. The number of carbonyl (C=O) groups excluding carboxylic acids is 1. The minimum absolute atomic E-state index is 0.00905. The van der Waals surface area contributed by atoms with Gasteiger partial charge in [0.25, 0.3) is 0 Å². The summed E-state index contributed by atoms with van der Waals surface area (Å²) in [7, 11) is 0.